The SMILES string of the molecule is CCC(C(N)=O)N(C)CCSC. The fraction of sp³-hybridized carbons (Fsp3) is 0.875. The summed E-state index contributed by atoms with van der Waals surface area (Å²) in [5.74, 6) is 0.821. The van der Waals surface area contributed by atoms with Gasteiger partial charge in [0.25, 0.3) is 0 Å². The van der Waals surface area contributed by atoms with Crippen LogP contribution in [0.5, 0.6) is 0 Å². The van der Waals surface area contributed by atoms with E-state index in [1.54, 1.807) is 11.8 Å². The maximum atomic E-state index is 10.9. The minimum atomic E-state index is -0.221. The zero-order chi connectivity index (χ0) is 9.56. The summed E-state index contributed by atoms with van der Waals surface area (Å²) < 4.78 is 0. The number of carbonyl (C=O) groups excluding carboxylic acids is 1. The van der Waals surface area contributed by atoms with Crippen molar-refractivity contribution in [2.75, 3.05) is 25.6 Å². The maximum Gasteiger partial charge on any atom is 0.234 e. The van der Waals surface area contributed by atoms with Gasteiger partial charge in [-0.1, -0.05) is 6.92 Å². The summed E-state index contributed by atoms with van der Waals surface area (Å²) >= 11 is 1.78. The molecular weight excluding hydrogens is 172 g/mol. The highest BCUT2D eigenvalue weighted by atomic mass is 32.2. The molecule has 0 aromatic carbocycles. The zero-order valence-electron chi connectivity index (χ0n) is 8.04. The second kappa shape index (κ2) is 6.31. The van der Waals surface area contributed by atoms with Crippen molar-refractivity contribution in [1.82, 2.24) is 4.90 Å². The third-order valence-electron chi connectivity index (χ3n) is 1.90. The van der Waals surface area contributed by atoms with Crippen LogP contribution in [0, 0.1) is 0 Å². The van der Waals surface area contributed by atoms with Gasteiger partial charge in [0, 0.05) is 12.3 Å². The first kappa shape index (κ1) is 11.8. The van der Waals surface area contributed by atoms with Gasteiger partial charge in [-0.25, -0.2) is 0 Å². The number of hydrogen-bond acceptors (Lipinski definition) is 3. The molecule has 0 bridgehead atoms. The summed E-state index contributed by atoms with van der Waals surface area (Å²) in [4.78, 5) is 12.9. The van der Waals surface area contributed by atoms with E-state index in [-0.39, 0.29) is 11.9 Å². The molecule has 0 radical (unpaired) electrons. The van der Waals surface area contributed by atoms with Crippen LogP contribution in [0.1, 0.15) is 13.3 Å². The van der Waals surface area contributed by atoms with Gasteiger partial charge in [0.1, 0.15) is 0 Å². The fourth-order valence-electron chi connectivity index (χ4n) is 1.12. The smallest absolute Gasteiger partial charge is 0.234 e. The number of amides is 1. The van der Waals surface area contributed by atoms with Gasteiger partial charge < -0.3 is 5.73 Å². The summed E-state index contributed by atoms with van der Waals surface area (Å²) in [5, 5.41) is 0. The maximum absolute atomic E-state index is 10.9. The minimum Gasteiger partial charge on any atom is -0.368 e. The zero-order valence-corrected chi connectivity index (χ0v) is 8.86. The molecule has 0 spiro atoms. The van der Waals surface area contributed by atoms with Crippen LogP contribution < -0.4 is 5.73 Å². The van der Waals surface area contributed by atoms with Gasteiger partial charge in [-0.15, -0.1) is 0 Å². The van der Waals surface area contributed by atoms with Gasteiger partial charge in [-0.3, -0.25) is 9.69 Å². The normalized spacial score (nSPS) is 13.3. The first-order valence-electron chi connectivity index (χ1n) is 4.12. The highest BCUT2D eigenvalue weighted by Crippen LogP contribution is 2.02. The quantitative estimate of drug-likeness (QED) is 0.665. The van der Waals surface area contributed by atoms with Crippen molar-refractivity contribution >= 4 is 17.7 Å². The molecule has 0 saturated carbocycles. The van der Waals surface area contributed by atoms with Crippen LogP contribution in [0.4, 0.5) is 0 Å². The lowest BCUT2D eigenvalue weighted by molar-refractivity contribution is -0.122. The van der Waals surface area contributed by atoms with Crippen molar-refractivity contribution in [1.29, 1.82) is 0 Å². The Morgan fingerprint density at radius 1 is 1.67 bits per heavy atom. The van der Waals surface area contributed by atoms with Gasteiger partial charge in [0.05, 0.1) is 6.04 Å². The van der Waals surface area contributed by atoms with Crippen molar-refractivity contribution in [2.45, 2.75) is 19.4 Å². The van der Waals surface area contributed by atoms with E-state index in [1.807, 2.05) is 18.9 Å². The van der Waals surface area contributed by atoms with E-state index in [2.05, 4.69) is 6.26 Å². The average molecular weight is 190 g/mol. The molecule has 0 aliphatic heterocycles. The molecule has 0 aliphatic rings. The standard InChI is InChI=1S/C8H18N2OS/c1-4-7(8(9)11)10(2)5-6-12-3/h7H,4-6H2,1-3H3,(H2,9,11). The summed E-state index contributed by atoms with van der Waals surface area (Å²) in [6.07, 6.45) is 2.85. The molecular formula is C8H18N2OS. The molecule has 12 heavy (non-hydrogen) atoms. The number of primary amides is 1. The molecule has 0 aromatic heterocycles. The molecule has 3 nitrogen and oxygen atoms in total. The van der Waals surface area contributed by atoms with E-state index >= 15 is 0 Å². The topological polar surface area (TPSA) is 46.3 Å². The van der Waals surface area contributed by atoms with Crippen LogP contribution in [0.2, 0.25) is 0 Å². The Bertz CT molecular complexity index is 141. The Morgan fingerprint density at radius 3 is 2.58 bits per heavy atom. The third-order valence-corrected chi connectivity index (χ3v) is 2.49. The number of carbonyl (C=O) groups is 1. The lowest BCUT2D eigenvalue weighted by Gasteiger charge is -2.23. The van der Waals surface area contributed by atoms with Crippen LogP contribution in [-0.4, -0.2) is 42.4 Å². The highest BCUT2D eigenvalue weighted by molar-refractivity contribution is 7.98. The fourth-order valence-corrected chi connectivity index (χ4v) is 1.59. The van der Waals surface area contributed by atoms with E-state index in [9.17, 15) is 4.79 Å². The molecule has 4 heteroatoms. The number of nitrogens with zero attached hydrogens (tertiary/aromatic N) is 1. The monoisotopic (exact) mass is 190 g/mol. The Hall–Kier alpha value is -0.220. The lowest BCUT2D eigenvalue weighted by atomic mass is 10.2. The summed E-state index contributed by atoms with van der Waals surface area (Å²) in [6.45, 7) is 2.90. The lowest BCUT2D eigenvalue weighted by Crippen LogP contribution is -2.43. The van der Waals surface area contributed by atoms with Gasteiger partial charge in [0.2, 0.25) is 5.91 Å². The second-order valence-electron chi connectivity index (χ2n) is 2.80. The van der Waals surface area contributed by atoms with E-state index in [0.717, 1.165) is 18.7 Å². The van der Waals surface area contributed by atoms with Crippen molar-refractivity contribution in [3.05, 3.63) is 0 Å². The van der Waals surface area contributed by atoms with Crippen molar-refractivity contribution in [3.8, 4) is 0 Å². The van der Waals surface area contributed by atoms with Crippen molar-refractivity contribution in [3.63, 3.8) is 0 Å². The van der Waals surface area contributed by atoms with Gasteiger partial charge >= 0.3 is 0 Å². The highest BCUT2D eigenvalue weighted by Gasteiger charge is 2.17. The van der Waals surface area contributed by atoms with Crippen molar-refractivity contribution in [2.24, 2.45) is 5.73 Å². The van der Waals surface area contributed by atoms with Gasteiger partial charge in [0.15, 0.2) is 0 Å². The molecule has 1 unspecified atom stereocenters. The molecule has 0 aliphatic carbocycles. The molecule has 72 valence electrons. The van der Waals surface area contributed by atoms with E-state index in [4.69, 9.17) is 5.73 Å². The predicted molar refractivity (Wildman–Crippen MR) is 54.3 cm³/mol. The largest absolute Gasteiger partial charge is 0.368 e. The first-order chi connectivity index (χ1) is 5.63. The predicted octanol–water partition coefficient (Wildman–Crippen LogP) is 0.545. The van der Waals surface area contributed by atoms with Crippen LogP contribution in [0.3, 0.4) is 0 Å². The number of rotatable bonds is 6. The molecule has 1 amide bonds. The van der Waals surface area contributed by atoms with Gasteiger partial charge in [-0.2, -0.15) is 11.8 Å². The molecule has 2 N–H and O–H groups in total. The number of thioether (sulfide) groups is 1. The average Bonchev–Trinajstić information content (AvgIpc) is 2.01. The number of likely N-dealkylation sites (N-methyl/N-ethyl adjacent to an activating group) is 1. The minimum absolute atomic E-state index is 0.0999. The molecule has 0 rings (SSSR count). The Labute approximate surface area is 78.7 Å². The summed E-state index contributed by atoms with van der Waals surface area (Å²) in [5.41, 5.74) is 5.23. The van der Waals surface area contributed by atoms with Crippen LogP contribution in [-0.2, 0) is 4.79 Å². The molecule has 1 atom stereocenters. The molecule has 0 saturated heterocycles. The van der Waals surface area contributed by atoms with Crippen molar-refractivity contribution < 1.29 is 4.79 Å². The molecule has 0 fully saturated rings. The summed E-state index contributed by atoms with van der Waals surface area (Å²) in [7, 11) is 1.94. The number of nitrogens with two attached hydrogens (primary N) is 1. The van der Waals surface area contributed by atoms with Crippen LogP contribution in [0.15, 0.2) is 0 Å². The van der Waals surface area contributed by atoms with E-state index < -0.39 is 0 Å². The van der Waals surface area contributed by atoms with E-state index in [0.29, 0.717) is 0 Å². The number of hydrogen-bond donors (Lipinski definition) is 1. The van der Waals surface area contributed by atoms with E-state index in [1.165, 1.54) is 0 Å². The Morgan fingerprint density at radius 2 is 2.25 bits per heavy atom. The second-order valence-corrected chi connectivity index (χ2v) is 3.79. The first-order valence-corrected chi connectivity index (χ1v) is 5.51. The Kier molecular flexibility index (Phi) is 6.20. The molecule has 0 aromatic rings. The van der Waals surface area contributed by atoms with Gasteiger partial charge in [-0.05, 0) is 19.7 Å². The summed E-state index contributed by atoms with van der Waals surface area (Å²) in [6, 6.07) is -0.0999. The Balaban J connectivity index is 3.85. The van der Waals surface area contributed by atoms with Crippen LogP contribution >= 0.6 is 11.8 Å². The molecule has 0 heterocycles. The van der Waals surface area contributed by atoms with Crippen LogP contribution in [0.25, 0.3) is 0 Å². The third kappa shape index (κ3) is 3.97.